The van der Waals surface area contributed by atoms with Crippen molar-refractivity contribution in [2.45, 2.75) is 6.42 Å². The highest BCUT2D eigenvalue weighted by molar-refractivity contribution is 14.1. The molecule has 0 fully saturated rings. The van der Waals surface area contributed by atoms with Crippen molar-refractivity contribution in [2.75, 3.05) is 6.54 Å². The Morgan fingerprint density at radius 1 is 1.25 bits per heavy atom. The van der Waals surface area contributed by atoms with Crippen LogP contribution in [0, 0.1) is 9.39 Å². The zero-order chi connectivity index (χ0) is 14.5. The van der Waals surface area contributed by atoms with E-state index in [0.717, 1.165) is 3.57 Å². The predicted molar refractivity (Wildman–Crippen MR) is 86.6 cm³/mol. The van der Waals surface area contributed by atoms with Gasteiger partial charge in [-0.3, -0.25) is 4.79 Å². The molecule has 0 aliphatic rings. The van der Waals surface area contributed by atoms with Crippen LogP contribution in [0.2, 0.25) is 5.02 Å². The lowest BCUT2D eigenvalue weighted by atomic mass is 10.1. The average molecular weight is 404 g/mol. The molecule has 0 aromatic heterocycles. The molecule has 0 aliphatic carbocycles. The Kier molecular flexibility index (Phi) is 5.37. The molecule has 104 valence electrons. The minimum Gasteiger partial charge on any atom is -0.352 e. The molecule has 0 saturated carbocycles. The van der Waals surface area contributed by atoms with E-state index in [1.54, 1.807) is 36.4 Å². The molecule has 0 unspecified atom stereocenters. The maximum atomic E-state index is 13.4. The molecule has 2 rings (SSSR count). The Balaban J connectivity index is 1.92. The Labute approximate surface area is 135 Å². The van der Waals surface area contributed by atoms with Crippen LogP contribution < -0.4 is 5.32 Å². The SMILES string of the molecule is O=C(NCCc1ccccc1F)c1ccc(I)c(Cl)c1. The maximum Gasteiger partial charge on any atom is 0.251 e. The maximum absolute atomic E-state index is 13.4. The van der Waals surface area contributed by atoms with Gasteiger partial charge in [0.05, 0.1) is 5.02 Å². The third-order valence-corrected chi connectivity index (χ3v) is 4.39. The highest BCUT2D eigenvalue weighted by Gasteiger charge is 2.08. The summed E-state index contributed by atoms with van der Waals surface area (Å²) in [5, 5.41) is 3.30. The minimum absolute atomic E-state index is 0.209. The summed E-state index contributed by atoms with van der Waals surface area (Å²) in [6.45, 7) is 0.378. The fourth-order valence-electron chi connectivity index (χ4n) is 1.75. The monoisotopic (exact) mass is 403 g/mol. The Morgan fingerprint density at radius 2 is 2.00 bits per heavy atom. The molecule has 0 aliphatic heterocycles. The number of hydrogen-bond acceptors (Lipinski definition) is 1. The second-order valence-electron chi connectivity index (χ2n) is 4.23. The molecule has 0 heterocycles. The van der Waals surface area contributed by atoms with Crippen LogP contribution in [-0.4, -0.2) is 12.5 Å². The van der Waals surface area contributed by atoms with Crippen LogP contribution in [-0.2, 0) is 6.42 Å². The van der Waals surface area contributed by atoms with E-state index >= 15 is 0 Å². The number of rotatable bonds is 4. The van der Waals surface area contributed by atoms with Crippen LogP contribution in [0.1, 0.15) is 15.9 Å². The highest BCUT2D eigenvalue weighted by Crippen LogP contribution is 2.19. The fraction of sp³-hybridized carbons (Fsp3) is 0.133. The van der Waals surface area contributed by atoms with E-state index in [2.05, 4.69) is 27.9 Å². The molecule has 5 heteroatoms. The first-order valence-electron chi connectivity index (χ1n) is 6.04. The standard InChI is InChI=1S/C15H12ClFINO/c16-12-9-11(5-6-14(12)18)15(20)19-8-7-10-3-1-2-4-13(10)17/h1-6,9H,7-8H2,(H,19,20). The number of benzene rings is 2. The van der Waals surface area contributed by atoms with E-state index in [4.69, 9.17) is 11.6 Å². The first-order chi connectivity index (χ1) is 9.58. The van der Waals surface area contributed by atoms with Crippen LogP contribution in [0.3, 0.4) is 0 Å². The van der Waals surface area contributed by atoms with E-state index in [1.165, 1.54) is 6.07 Å². The van der Waals surface area contributed by atoms with E-state index in [-0.39, 0.29) is 11.7 Å². The van der Waals surface area contributed by atoms with Gasteiger partial charge in [0.15, 0.2) is 0 Å². The van der Waals surface area contributed by atoms with E-state index in [0.29, 0.717) is 29.1 Å². The van der Waals surface area contributed by atoms with Gasteiger partial charge in [0, 0.05) is 15.7 Å². The quantitative estimate of drug-likeness (QED) is 0.767. The second-order valence-corrected chi connectivity index (χ2v) is 5.80. The summed E-state index contributed by atoms with van der Waals surface area (Å²) in [5.41, 5.74) is 1.09. The summed E-state index contributed by atoms with van der Waals surface area (Å²) < 4.78 is 14.3. The molecule has 1 N–H and O–H groups in total. The summed E-state index contributed by atoms with van der Waals surface area (Å²) in [6.07, 6.45) is 0.455. The second kappa shape index (κ2) is 7.04. The highest BCUT2D eigenvalue weighted by atomic mass is 127. The minimum atomic E-state index is -0.251. The Hall–Kier alpha value is -1.14. The molecule has 2 aromatic rings. The largest absolute Gasteiger partial charge is 0.352 e. The van der Waals surface area contributed by atoms with Crippen molar-refractivity contribution in [3.63, 3.8) is 0 Å². The van der Waals surface area contributed by atoms with Gasteiger partial charge in [0.2, 0.25) is 0 Å². The summed E-state index contributed by atoms with van der Waals surface area (Å²) in [4.78, 5) is 11.9. The van der Waals surface area contributed by atoms with Crippen LogP contribution >= 0.6 is 34.2 Å². The van der Waals surface area contributed by atoms with Crippen molar-refractivity contribution < 1.29 is 9.18 Å². The van der Waals surface area contributed by atoms with E-state index in [1.807, 2.05) is 0 Å². The summed E-state index contributed by atoms with van der Waals surface area (Å²) in [5.74, 6) is -0.460. The lowest BCUT2D eigenvalue weighted by molar-refractivity contribution is 0.0954. The normalized spacial score (nSPS) is 10.3. The molecule has 2 aromatic carbocycles. The molecule has 0 bridgehead atoms. The number of carbonyl (C=O) groups excluding carboxylic acids is 1. The van der Waals surface area contributed by atoms with Crippen LogP contribution in [0.5, 0.6) is 0 Å². The molecule has 0 saturated heterocycles. The molecule has 2 nitrogen and oxygen atoms in total. The third kappa shape index (κ3) is 3.93. The van der Waals surface area contributed by atoms with Crippen molar-refractivity contribution in [1.29, 1.82) is 0 Å². The number of halogens is 3. The van der Waals surface area contributed by atoms with Crippen molar-refractivity contribution in [1.82, 2.24) is 5.32 Å². The number of carbonyl (C=O) groups is 1. The first-order valence-corrected chi connectivity index (χ1v) is 7.50. The molecule has 1 amide bonds. The Bertz CT molecular complexity index is 633. The topological polar surface area (TPSA) is 29.1 Å². The van der Waals surface area contributed by atoms with Gasteiger partial charge < -0.3 is 5.32 Å². The zero-order valence-corrected chi connectivity index (χ0v) is 13.4. The summed E-state index contributed by atoms with van der Waals surface area (Å²) >= 11 is 8.07. The Morgan fingerprint density at radius 3 is 2.70 bits per heavy atom. The summed E-state index contributed by atoms with van der Waals surface area (Å²) in [6, 6.07) is 11.7. The van der Waals surface area contributed by atoms with Crippen molar-refractivity contribution in [3.05, 3.63) is 68.0 Å². The predicted octanol–water partition coefficient (Wildman–Crippen LogP) is 4.06. The third-order valence-electron chi connectivity index (χ3n) is 2.82. The first kappa shape index (κ1) is 15.3. The van der Waals surface area contributed by atoms with Crippen LogP contribution in [0.15, 0.2) is 42.5 Å². The van der Waals surface area contributed by atoms with Gasteiger partial charge in [0.25, 0.3) is 5.91 Å². The van der Waals surface area contributed by atoms with Crippen molar-refractivity contribution in [2.24, 2.45) is 0 Å². The summed E-state index contributed by atoms with van der Waals surface area (Å²) in [7, 11) is 0. The van der Waals surface area contributed by atoms with E-state index < -0.39 is 0 Å². The van der Waals surface area contributed by atoms with Gasteiger partial charge in [-0.2, -0.15) is 0 Å². The zero-order valence-electron chi connectivity index (χ0n) is 10.5. The van der Waals surface area contributed by atoms with Crippen LogP contribution in [0.4, 0.5) is 4.39 Å². The number of nitrogens with one attached hydrogen (secondary N) is 1. The smallest absolute Gasteiger partial charge is 0.251 e. The number of amides is 1. The average Bonchev–Trinajstić information content (AvgIpc) is 2.44. The molecule has 0 atom stereocenters. The van der Waals surface area contributed by atoms with Gasteiger partial charge in [-0.25, -0.2) is 4.39 Å². The lowest BCUT2D eigenvalue weighted by Gasteiger charge is -2.07. The van der Waals surface area contributed by atoms with Gasteiger partial charge in [-0.15, -0.1) is 0 Å². The fourth-order valence-corrected chi connectivity index (χ4v) is 2.27. The van der Waals surface area contributed by atoms with Crippen LogP contribution in [0.25, 0.3) is 0 Å². The van der Waals surface area contributed by atoms with E-state index in [9.17, 15) is 9.18 Å². The lowest BCUT2D eigenvalue weighted by Crippen LogP contribution is -2.25. The van der Waals surface area contributed by atoms with Crippen molar-refractivity contribution >= 4 is 40.1 Å². The van der Waals surface area contributed by atoms with Gasteiger partial charge in [-0.1, -0.05) is 29.8 Å². The van der Waals surface area contributed by atoms with Crippen molar-refractivity contribution in [3.8, 4) is 0 Å². The van der Waals surface area contributed by atoms with Gasteiger partial charge in [0.1, 0.15) is 5.82 Å². The molecular weight excluding hydrogens is 392 g/mol. The van der Waals surface area contributed by atoms with Gasteiger partial charge in [-0.05, 0) is 58.8 Å². The molecule has 0 spiro atoms. The molecular formula is C15H12ClFINO. The van der Waals surface area contributed by atoms with Gasteiger partial charge >= 0.3 is 0 Å². The molecule has 0 radical (unpaired) electrons. The molecule has 20 heavy (non-hydrogen) atoms. The number of hydrogen-bond donors (Lipinski definition) is 1.